The van der Waals surface area contributed by atoms with Crippen molar-refractivity contribution in [2.75, 3.05) is 5.75 Å². The van der Waals surface area contributed by atoms with Crippen molar-refractivity contribution in [3.05, 3.63) is 41.2 Å². The number of rotatable bonds is 5. The second kappa shape index (κ2) is 6.33. The highest BCUT2D eigenvalue weighted by Gasteiger charge is 2.05. The van der Waals surface area contributed by atoms with Crippen molar-refractivity contribution < 1.29 is 14.3 Å². The lowest BCUT2D eigenvalue weighted by molar-refractivity contribution is -0.136. The van der Waals surface area contributed by atoms with Crippen molar-refractivity contribution in [3.63, 3.8) is 0 Å². The number of carboxylic acids is 1. The van der Waals surface area contributed by atoms with E-state index >= 15 is 0 Å². The van der Waals surface area contributed by atoms with E-state index in [2.05, 4.69) is 12.6 Å². The van der Waals surface area contributed by atoms with Crippen LogP contribution in [0.5, 0.6) is 0 Å². The van der Waals surface area contributed by atoms with Crippen molar-refractivity contribution >= 4 is 24.7 Å². The Labute approximate surface area is 99.2 Å². The Hall–Kier alpha value is -1.29. The summed E-state index contributed by atoms with van der Waals surface area (Å²) in [5, 5.41) is 8.49. The van der Waals surface area contributed by atoms with Crippen molar-refractivity contribution in [2.45, 2.75) is 12.8 Å². The molecule has 86 valence electrons. The summed E-state index contributed by atoms with van der Waals surface area (Å²) in [4.78, 5) is 10.4. The molecule has 0 saturated carbocycles. The molecule has 1 aromatic rings. The van der Waals surface area contributed by atoms with Gasteiger partial charge in [0.05, 0.1) is 0 Å². The number of aliphatic carboxylic acids is 1. The number of hydrogen-bond donors (Lipinski definition) is 2. The number of halogens is 1. The number of carbonyl (C=O) groups is 1. The van der Waals surface area contributed by atoms with Crippen LogP contribution in [-0.2, 0) is 11.2 Å². The molecule has 0 atom stereocenters. The van der Waals surface area contributed by atoms with Crippen LogP contribution in [0.3, 0.4) is 0 Å². The van der Waals surface area contributed by atoms with Crippen molar-refractivity contribution in [1.29, 1.82) is 0 Å². The zero-order chi connectivity index (χ0) is 12.0. The molecule has 0 fully saturated rings. The summed E-state index contributed by atoms with van der Waals surface area (Å²) in [5.41, 5.74) is 1.19. The van der Waals surface area contributed by atoms with Gasteiger partial charge in [-0.2, -0.15) is 12.6 Å². The maximum atomic E-state index is 13.5. The van der Waals surface area contributed by atoms with Gasteiger partial charge >= 0.3 is 5.97 Å². The summed E-state index contributed by atoms with van der Waals surface area (Å²) in [6.45, 7) is 0. The van der Waals surface area contributed by atoms with E-state index in [1.54, 1.807) is 18.2 Å². The zero-order valence-electron chi connectivity index (χ0n) is 8.69. The van der Waals surface area contributed by atoms with E-state index in [4.69, 9.17) is 5.11 Å². The fourth-order valence-electron chi connectivity index (χ4n) is 1.30. The number of carboxylic acid groups (broad SMARTS) is 1. The van der Waals surface area contributed by atoms with Crippen LogP contribution in [0, 0.1) is 5.82 Å². The lowest BCUT2D eigenvalue weighted by Crippen LogP contribution is -1.99. The largest absolute Gasteiger partial charge is 0.481 e. The van der Waals surface area contributed by atoms with Gasteiger partial charge in [-0.25, -0.2) is 4.39 Å². The van der Waals surface area contributed by atoms with Gasteiger partial charge in [-0.3, -0.25) is 4.79 Å². The highest BCUT2D eigenvalue weighted by Crippen LogP contribution is 2.13. The molecule has 0 aliphatic rings. The predicted molar refractivity (Wildman–Crippen MR) is 65.2 cm³/mol. The molecule has 1 rings (SSSR count). The van der Waals surface area contributed by atoms with Crippen LogP contribution in [-0.4, -0.2) is 16.8 Å². The van der Waals surface area contributed by atoms with Crippen LogP contribution in [0.4, 0.5) is 4.39 Å². The molecule has 0 amide bonds. The first-order chi connectivity index (χ1) is 7.63. The third-order valence-corrected chi connectivity index (χ3v) is 2.31. The zero-order valence-corrected chi connectivity index (χ0v) is 9.58. The molecule has 4 heteroatoms. The average molecular weight is 240 g/mol. The fourth-order valence-corrected chi connectivity index (χ4v) is 1.41. The third kappa shape index (κ3) is 4.06. The molecule has 0 heterocycles. The van der Waals surface area contributed by atoms with Gasteiger partial charge in [0.1, 0.15) is 5.82 Å². The highest BCUT2D eigenvalue weighted by molar-refractivity contribution is 7.80. The molecule has 2 nitrogen and oxygen atoms in total. The molecule has 0 radical (unpaired) electrons. The first-order valence-electron chi connectivity index (χ1n) is 4.91. The highest BCUT2D eigenvalue weighted by atomic mass is 32.1. The summed E-state index contributed by atoms with van der Waals surface area (Å²) < 4.78 is 13.5. The molecule has 0 saturated heterocycles. The van der Waals surface area contributed by atoms with Gasteiger partial charge in [-0.1, -0.05) is 24.3 Å². The SMILES string of the molecule is O=C(O)CCc1ccc(C=CCS)cc1F. The first kappa shape index (κ1) is 12.8. The van der Waals surface area contributed by atoms with E-state index in [1.807, 2.05) is 6.08 Å². The number of aryl methyl sites for hydroxylation is 1. The van der Waals surface area contributed by atoms with Gasteiger partial charge < -0.3 is 5.11 Å². The lowest BCUT2D eigenvalue weighted by Gasteiger charge is -2.02. The minimum atomic E-state index is -0.918. The molecule has 1 aromatic carbocycles. The molecule has 0 aromatic heterocycles. The third-order valence-electron chi connectivity index (χ3n) is 2.10. The Morgan fingerprint density at radius 1 is 1.50 bits per heavy atom. The summed E-state index contributed by atoms with van der Waals surface area (Å²) in [7, 11) is 0. The van der Waals surface area contributed by atoms with Gasteiger partial charge in [-0.05, 0) is 23.6 Å². The lowest BCUT2D eigenvalue weighted by atomic mass is 10.1. The Balaban J connectivity index is 2.75. The molecule has 1 N–H and O–H groups in total. The molecular formula is C12H13FO2S. The van der Waals surface area contributed by atoms with Crippen LogP contribution in [0.25, 0.3) is 6.08 Å². The summed E-state index contributed by atoms with van der Waals surface area (Å²) in [6, 6.07) is 4.79. The van der Waals surface area contributed by atoms with Gasteiger partial charge in [0.15, 0.2) is 0 Å². The molecule has 0 spiro atoms. The van der Waals surface area contributed by atoms with Crippen molar-refractivity contribution in [3.8, 4) is 0 Å². The predicted octanol–water partition coefficient (Wildman–Crippen LogP) is 2.79. The Bertz CT molecular complexity index is 402. The maximum Gasteiger partial charge on any atom is 0.303 e. The quantitative estimate of drug-likeness (QED) is 0.776. The molecule has 16 heavy (non-hydrogen) atoms. The van der Waals surface area contributed by atoms with Crippen molar-refractivity contribution in [2.24, 2.45) is 0 Å². The minimum Gasteiger partial charge on any atom is -0.481 e. The topological polar surface area (TPSA) is 37.3 Å². The summed E-state index contributed by atoms with van der Waals surface area (Å²) >= 11 is 4.01. The average Bonchev–Trinajstić information content (AvgIpc) is 2.24. The standard InChI is InChI=1S/C12H13FO2S/c13-11-8-9(2-1-7-16)3-4-10(11)5-6-12(14)15/h1-4,8,16H,5-7H2,(H,14,15). The van der Waals surface area contributed by atoms with E-state index in [1.165, 1.54) is 6.07 Å². The maximum absolute atomic E-state index is 13.5. The van der Waals surface area contributed by atoms with Crippen LogP contribution in [0.1, 0.15) is 17.5 Å². The molecular weight excluding hydrogens is 227 g/mol. The van der Waals surface area contributed by atoms with Crippen LogP contribution >= 0.6 is 12.6 Å². The van der Waals surface area contributed by atoms with Gasteiger partial charge in [-0.15, -0.1) is 0 Å². The number of thiol groups is 1. The van der Waals surface area contributed by atoms with Crippen molar-refractivity contribution in [1.82, 2.24) is 0 Å². The minimum absolute atomic E-state index is 0.0528. The molecule has 0 aliphatic carbocycles. The second-order valence-electron chi connectivity index (χ2n) is 3.33. The van der Waals surface area contributed by atoms with E-state index in [-0.39, 0.29) is 18.7 Å². The monoisotopic (exact) mass is 240 g/mol. The summed E-state index contributed by atoms with van der Waals surface area (Å²) in [5.74, 6) is -0.677. The van der Waals surface area contributed by atoms with Crippen LogP contribution in [0.15, 0.2) is 24.3 Å². The Morgan fingerprint density at radius 2 is 2.25 bits per heavy atom. The summed E-state index contributed by atoms with van der Waals surface area (Å²) in [6.07, 6.45) is 3.76. The van der Waals surface area contributed by atoms with Gasteiger partial charge in [0, 0.05) is 12.2 Å². The Kier molecular flexibility index (Phi) is 5.05. The first-order valence-corrected chi connectivity index (χ1v) is 5.54. The van der Waals surface area contributed by atoms with Gasteiger partial charge in [0.25, 0.3) is 0 Å². The number of benzene rings is 1. The Morgan fingerprint density at radius 3 is 2.81 bits per heavy atom. The molecule has 0 unspecified atom stereocenters. The van der Waals surface area contributed by atoms with E-state index < -0.39 is 5.97 Å². The van der Waals surface area contributed by atoms with E-state index in [0.717, 1.165) is 5.56 Å². The smallest absolute Gasteiger partial charge is 0.303 e. The van der Waals surface area contributed by atoms with Gasteiger partial charge in [0.2, 0.25) is 0 Å². The fraction of sp³-hybridized carbons (Fsp3) is 0.250. The van der Waals surface area contributed by atoms with Crippen LogP contribution in [0.2, 0.25) is 0 Å². The number of hydrogen-bond acceptors (Lipinski definition) is 2. The molecule has 0 bridgehead atoms. The normalized spacial score (nSPS) is 10.9. The van der Waals surface area contributed by atoms with E-state index in [9.17, 15) is 9.18 Å². The molecule has 0 aliphatic heterocycles. The van der Waals surface area contributed by atoms with E-state index in [0.29, 0.717) is 11.3 Å². The van der Waals surface area contributed by atoms with Crippen LogP contribution < -0.4 is 0 Å². The second-order valence-corrected chi connectivity index (χ2v) is 3.69.